The second kappa shape index (κ2) is 4.58. The van der Waals surface area contributed by atoms with Gasteiger partial charge in [-0.1, -0.05) is 0 Å². The van der Waals surface area contributed by atoms with Crippen molar-refractivity contribution >= 4 is 5.97 Å². The van der Waals surface area contributed by atoms with Gasteiger partial charge in [-0.25, -0.2) is 0 Å². The van der Waals surface area contributed by atoms with Crippen LogP contribution >= 0.6 is 0 Å². The Hall–Kier alpha value is -0.610. The zero-order valence-electron chi connectivity index (χ0n) is 8.19. The van der Waals surface area contributed by atoms with Crippen LogP contribution in [0.1, 0.15) is 19.3 Å². The highest BCUT2D eigenvalue weighted by molar-refractivity contribution is 5.69. The fourth-order valence-electron chi connectivity index (χ4n) is 1.81. The molecular formula is C9H17NO3. The average molecular weight is 187 g/mol. The summed E-state index contributed by atoms with van der Waals surface area (Å²) in [4.78, 5) is 13.0. The molecule has 4 heteroatoms. The number of carbonyl (C=O) groups excluding carboxylic acids is 1. The van der Waals surface area contributed by atoms with Crippen LogP contribution < -0.4 is 0 Å². The van der Waals surface area contributed by atoms with Crippen molar-refractivity contribution in [2.75, 3.05) is 20.7 Å². The third kappa shape index (κ3) is 2.67. The number of likely N-dealkylation sites (N-methyl/N-ethyl adjacent to an activating group) is 1. The number of nitrogens with zero attached hydrogens (tertiary/aromatic N) is 1. The first kappa shape index (κ1) is 10.5. The Morgan fingerprint density at radius 3 is 2.92 bits per heavy atom. The number of esters is 1. The maximum Gasteiger partial charge on any atom is 0.308 e. The number of hydrogen-bond donors (Lipinski definition) is 1. The highest BCUT2D eigenvalue weighted by Crippen LogP contribution is 2.19. The lowest BCUT2D eigenvalue weighted by atomic mass is 10.1. The van der Waals surface area contributed by atoms with E-state index in [1.165, 1.54) is 7.11 Å². The van der Waals surface area contributed by atoms with E-state index in [0.717, 1.165) is 19.4 Å². The summed E-state index contributed by atoms with van der Waals surface area (Å²) >= 11 is 0. The Bertz CT molecular complexity index is 184. The van der Waals surface area contributed by atoms with Gasteiger partial charge in [0.05, 0.1) is 19.6 Å². The van der Waals surface area contributed by atoms with Crippen LogP contribution in [0.3, 0.4) is 0 Å². The van der Waals surface area contributed by atoms with Crippen LogP contribution in [0, 0.1) is 0 Å². The SMILES string of the molecule is COC(=O)CC(O)[C@@H]1CCCN1C. The molecule has 1 aliphatic heterocycles. The van der Waals surface area contributed by atoms with Gasteiger partial charge in [0, 0.05) is 6.04 Å². The van der Waals surface area contributed by atoms with E-state index in [0.29, 0.717) is 0 Å². The van der Waals surface area contributed by atoms with Crippen LogP contribution in [-0.4, -0.2) is 48.8 Å². The lowest BCUT2D eigenvalue weighted by Gasteiger charge is -2.23. The average Bonchev–Trinajstić information content (AvgIpc) is 2.51. The Morgan fingerprint density at radius 2 is 2.46 bits per heavy atom. The number of aliphatic hydroxyl groups is 1. The smallest absolute Gasteiger partial charge is 0.308 e. The molecule has 0 bridgehead atoms. The van der Waals surface area contributed by atoms with Crippen molar-refractivity contribution in [2.45, 2.75) is 31.4 Å². The molecule has 0 saturated carbocycles. The molecule has 1 heterocycles. The molecule has 0 amide bonds. The highest BCUT2D eigenvalue weighted by atomic mass is 16.5. The van der Waals surface area contributed by atoms with Crippen molar-refractivity contribution in [1.82, 2.24) is 4.90 Å². The van der Waals surface area contributed by atoms with Crippen molar-refractivity contribution in [1.29, 1.82) is 0 Å². The molecule has 0 spiro atoms. The molecule has 0 aromatic carbocycles. The Morgan fingerprint density at radius 1 is 1.77 bits per heavy atom. The van der Waals surface area contributed by atoms with Crippen LogP contribution in [0.2, 0.25) is 0 Å². The topological polar surface area (TPSA) is 49.8 Å². The van der Waals surface area contributed by atoms with E-state index in [1.807, 2.05) is 7.05 Å². The number of methoxy groups -OCH3 is 1. The minimum atomic E-state index is -0.583. The van der Waals surface area contributed by atoms with Gasteiger partial charge in [0.25, 0.3) is 0 Å². The number of hydrogen-bond acceptors (Lipinski definition) is 4. The molecule has 13 heavy (non-hydrogen) atoms. The number of likely N-dealkylation sites (tertiary alicyclic amines) is 1. The molecule has 1 saturated heterocycles. The number of carbonyl (C=O) groups is 1. The van der Waals surface area contributed by atoms with Crippen molar-refractivity contribution in [3.8, 4) is 0 Å². The van der Waals surface area contributed by atoms with E-state index in [1.54, 1.807) is 0 Å². The number of ether oxygens (including phenoxy) is 1. The van der Waals surface area contributed by atoms with E-state index < -0.39 is 6.10 Å². The first-order valence-corrected chi connectivity index (χ1v) is 4.60. The van der Waals surface area contributed by atoms with Gasteiger partial charge in [0.15, 0.2) is 0 Å². The summed E-state index contributed by atoms with van der Waals surface area (Å²) in [6, 6.07) is 0.124. The highest BCUT2D eigenvalue weighted by Gasteiger charge is 2.29. The zero-order chi connectivity index (χ0) is 9.84. The molecule has 1 unspecified atom stereocenters. The third-order valence-corrected chi connectivity index (χ3v) is 2.62. The van der Waals surface area contributed by atoms with E-state index >= 15 is 0 Å². The van der Waals surface area contributed by atoms with Gasteiger partial charge in [-0.15, -0.1) is 0 Å². The normalized spacial score (nSPS) is 25.9. The van der Waals surface area contributed by atoms with Gasteiger partial charge < -0.3 is 14.7 Å². The van der Waals surface area contributed by atoms with E-state index in [4.69, 9.17) is 0 Å². The molecule has 76 valence electrons. The van der Waals surface area contributed by atoms with Crippen molar-refractivity contribution in [2.24, 2.45) is 0 Å². The van der Waals surface area contributed by atoms with Crippen molar-refractivity contribution in [3.05, 3.63) is 0 Å². The molecule has 1 fully saturated rings. The largest absolute Gasteiger partial charge is 0.469 e. The van der Waals surface area contributed by atoms with Gasteiger partial charge in [-0.3, -0.25) is 4.79 Å². The lowest BCUT2D eigenvalue weighted by Crippen LogP contribution is -2.37. The maximum atomic E-state index is 10.9. The lowest BCUT2D eigenvalue weighted by molar-refractivity contribution is -0.143. The quantitative estimate of drug-likeness (QED) is 0.632. The van der Waals surface area contributed by atoms with E-state index in [9.17, 15) is 9.90 Å². The summed E-state index contributed by atoms with van der Waals surface area (Å²) in [6.07, 6.45) is 1.58. The van der Waals surface area contributed by atoms with Crippen LogP contribution in [-0.2, 0) is 9.53 Å². The molecule has 0 radical (unpaired) electrons. The monoisotopic (exact) mass is 187 g/mol. The predicted molar refractivity (Wildman–Crippen MR) is 48.3 cm³/mol. The first-order valence-electron chi connectivity index (χ1n) is 4.60. The number of rotatable bonds is 3. The zero-order valence-corrected chi connectivity index (χ0v) is 8.19. The minimum absolute atomic E-state index is 0.103. The molecule has 4 nitrogen and oxygen atoms in total. The molecular weight excluding hydrogens is 170 g/mol. The minimum Gasteiger partial charge on any atom is -0.469 e. The predicted octanol–water partition coefficient (Wildman–Crippen LogP) is 0.00460. The van der Waals surface area contributed by atoms with Crippen molar-refractivity contribution < 1.29 is 14.6 Å². The standard InChI is InChI=1S/C9H17NO3/c1-10-5-3-4-7(10)8(11)6-9(12)13-2/h7-8,11H,3-6H2,1-2H3/t7-,8?/m0/s1. The Kier molecular flexibility index (Phi) is 3.69. The summed E-state index contributed by atoms with van der Waals surface area (Å²) in [5, 5.41) is 9.68. The fraction of sp³-hybridized carbons (Fsp3) is 0.889. The van der Waals surface area contributed by atoms with Crippen LogP contribution in [0.5, 0.6) is 0 Å². The van der Waals surface area contributed by atoms with E-state index in [-0.39, 0.29) is 18.4 Å². The number of aliphatic hydroxyl groups excluding tert-OH is 1. The van der Waals surface area contributed by atoms with Gasteiger partial charge in [0.1, 0.15) is 0 Å². The molecule has 0 aromatic heterocycles. The van der Waals surface area contributed by atoms with Gasteiger partial charge in [-0.2, -0.15) is 0 Å². The Labute approximate surface area is 78.5 Å². The van der Waals surface area contributed by atoms with Crippen LogP contribution in [0.25, 0.3) is 0 Å². The second-order valence-electron chi connectivity index (χ2n) is 3.54. The molecule has 1 aliphatic rings. The molecule has 0 aromatic rings. The first-order chi connectivity index (χ1) is 6.15. The third-order valence-electron chi connectivity index (χ3n) is 2.62. The fourth-order valence-corrected chi connectivity index (χ4v) is 1.81. The van der Waals surface area contributed by atoms with Gasteiger partial charge >= 0.3 is 5.97 Å². The van der Waals surface area contributed by atoms with E-state index in [2.05, 4.69) is 9.64 Å². The Balaban J connectivity index is 2.38. The molecule has 1 rings (SSSR count). The van der Waals surface area contributed by atoms with Crippen LogP contribution in [0.4, 0.5) is 0 Å². The van der Waals surface area contributed by atoms with Crippen molar-refractivity contribution in [3.63, 3.8) is 0 Å². The summed E-state index contributed by atoms with van der Waals surface area (Å²) in [5.74, 6) is -0.340. The summed E-state index contributed by atoms with van der Waals surface area (Å²) in [6.45, 7) is 1.00. The van der Waals surface area contributed by atoms with Gasteiger partial charge in [-0.05, 0) is 26.4 Å². The summed E-state index contributed by atoms with van der Waals surface area (Å²) < 4.78 is 4.50. The second-order valence-corrected chi connectivity index (χ2v) is 3.54. The molecule has 2 atom stereocenters. The molecule has 0 aliphatic carbocycles. The maximum absolute atomic E-state index is 10.9. The molecule has 1 N–H and O–H groups in total. The van der Waals surface area contributed by atoms with Crippen LogP contribution in [0.15, 0.2) is 0 Å². The summed E-state index contributed by atoms with van der Waals surface area (Å²) in [5.41, 5.74) is 0. The van der Waals surface area contributed by atoms with Gasteiger partial charge in [0.2, 0.25) is 0 Å². The summed E-state index contributed by atoms with van der Waals surface area (Å²) in [7, 11) is 3.31.